The van der Waals surface area contributed by atoms with Crippen molar-refractivity contribution >= 4 is 11.8 Å². The molecule has 0 saturated heterocycles. The van der Waals surface area contributed by atoms with Crippen LogP contribution in [0.2, 0.25) is 0 Å². The highest BCUT2D eigenvalue weighted by Gasteiger charge is 2.28. The Labute approximate surface area is 158 Å². The molecule has 1 aliphatic heterocycles. The number of nitrogens with zero attached hydrogens (tertiary/aromatic N) is 2. The van der Waals surface area contributed by atoms with Crippen molar-refractivity contribution in [2.24, 2.45) is 0 Å². The van der Waals surface area contributed by atoms with E-state index in [0.717, 1.165) is 30.5 Å². The van der Waals surface area contributed by atoms with Crippen molar-refractivity contribution in [3.8, 4) is 0 Å². The van der Waals surface area contributed by atoms with Gasteiger partial charge < -0.3 is 15.2 Å². The van der Waals surface area contributed by atoms with E-state index in [2.05, 4.69) is 15.6 Å². The van der Waals surface area contributed by atoms with Crippen LogP contribution in [0.25, 0.3) is 0 Å². The second kappa shape index (κ2) is 7.50. The minimum absolute atomic E-state index is 0.255. The Hall–Kier alpha value is -2.70. The molecule has 7 heteroatoms. The largest absolute Gasteiger partial charge is 0.346 e. The molecular weight excluding hydrogens is 347 g/mol. The van der Waals surface area contributed by atoms with Crippen molar-refractivity contribution in [3.05, 3.63) is 52.9 Å². The quantitative estimate of drug-likeness (QED) is 0.867. The summed E-state index contributed by atoms with van der Waals surface area (Å²) in [5.74, 6) is -0.657. The summed E-state index contributed by atoms with van der Waals surface area (Å²) >= 11 is 0. The molecule has 0 aliphatic carbocycles. The highest BCUT2D eigenvalue weighted by molar-refractivity contribution is 5.97. The van der Waals surface area contributed by atoms with Gasteiger partial charge in [-0.15, -0.1) is 0 Å². The summed E-state index contributed by atoms with van der Waals surface area (Å²) in [5.41, 5.74) is 1.56. The van der Waals surface area contributed by atoms with Crippen LogP contribution in [-0.2, 0) is 19.5 Å². The fourth-order valence-corrected chi connectivity index (χ4v) is 3.16. The Morgan fingerprint density at radius 3 is 2.52 bits per heavy atom. The van der Waals surface area contributed by atoms with E-state index in [0.29, 0.717) is 12.2 Å². The van der Waals surface area contributed by atoms with Crippen LogP contribution in [-0.4, -0.2) is 26.9 Å². The summed E-state index contributed by atoms with van der Waals surface area (Å²) in [6.07, 6.45) is 2.64. The van der Waals surface area contributed by atoms with Crippen LogP contribution in [0.3, 0.4) is 0 Å². The average Bonchev–Trinajstić information content (AvgIpc) is 2.99. The molecule has 2 aromatic rings. The summed E-state index contributed by atoms with van der Waals surface area (Å²) in [5, 5.41) is 5.73. The van der Waals surface area contributed by atoms with Crippen LogP contribution in [0, 0.1) is 5.82 Å². The SMILES string of the molecule is CC(C)(C)NC(=O)c1nc(C(=O)NCc2ccc(F)cc2)n2c1CCCC2. The number of hydrogen-bond acceptors (Lipinski definition) is 3. The average molecular weight is 372 g/mol. The highest BCUT2D eigenvalue weighted by Crippen LogP contribution is 2.22. The molecule has 2 heterocycles. The van der Waals surface area contributed by atoms with Crippen molar-refractivity contribution in [1.29, 1.82) is 0 Å². The number of amides is 2. The van der Waals surface area contributed by atoms with E-state index in [1.165, 1.54) is 12.1 Å². The summed E-state index contributed by atoms with van der Waals surface area (Å²) in [7, 11) is 0. The van der Waals surface area contributed by atoms with Crippen LogP contribution in [0.15, 0.2) is 24.3 Å². The molecule has 0 unspecified atom stereocenters. The summed E-state index contributed by atoms with van der Waals surface area (Å²) in [6, 6.07) is 5.96. The van der Waals surface area contributed by atoms with Gasteiger partial charge in [0, 0.05) is 18.6 Å². The molecule has 0 atom stereocenters. The number of aromatic nitrogens is 2. The Kier molecular flexibility index (Phi) is 5.30. The van der Waals surface area contributed by atoms with E-state index >= 15 is 0 Å². The van der Waals surface area contributed by atoms with E-state index in [1.54, 1.807) is 12.1 Å². The Balaban J connectivity index is 1.81. The van der Waals surface area contributed by atoms with Gasteiger partial charge in [0.05, 0.1) is 5.69 Å². The van der Waals surface area contributed by atoms with Gasteiger partial charge in [-0.3, -0.25) is 9.59 Å². The number of halogens is 1. The van der Waals surface area contributed by atoms with Gasteiger partial charge >= 0.3 is 0 Å². The zero-order valence-electron chi connectivity index (χ0n) is 15.9. The zero-order valence-corrected chi connectivity index (χ0v) is 15.9. The lowest BCUT2D eigenvalue weighted by atomic mass is 10.1. The molecule has 1 aromatic heterocycles. The Bertz CT molecular complexity index is 850. The van der Waals surface area contributed by atoms with Gasteiger partial charge in [-0.2, -0.15) is 0 Å². The molecule has 2 amide bonds. The number of carbonyl (C=O) groups is 2. The molecule has 144 valence electrons. The summed E-state index contributed by atoms with van der Waals surface area (Å²) < 4.78 is 14.8. The van der Waals surface area contributed by atoms with Crippen LogP contribution in [0.5, 0.6) is 0 Å². The second-order valence-electron chi connectivity index (χ2n) is 7.85. The van der Waals surface area contributed by atoms with E-state index in [-0.39, 0.29) is 35.5 Å². The smallest absolute Gasteiger partial charge is 0.287 e. The van der Waals surface area contributed by atoms with Gasteiger partial charge in [0.25, 0.3) is 11.8 Å². The minimum atomic E-state index is -0.382. The number of benzene rings is 1. The van der Waals surface area contributed by atoms with E-state index in [4.69, 9.17) is 0 Å². The molecule has 0 bridgehead atoms. The van der Waals surface area contributed by atoms with E-state index in [9.17, 15) is 14.0 Å². The monoisotopic (exact) mass is 372 g/mol. The number of rotatable bonds is 4. The number of imidazole rings is 1. The van der Waals surface area contributed by atoms with Crippen molar-refractivity contribution < 1.29 is 14.0 Å². The second-order valence-corrected chi connectivity index (χ2v) is 7.85. The first kappa shape index (κ1) is 19.1. The molecule has 2 N–H and O–H groups in total. The van der Waals surface area contributed by atoms with Crippen molar-refractivity contribution in [3.63, 3.8) is 0 Å². The van der Waals surface area contributed by atoms with Crippen LogP contribution >= 0.6 is 0 Å². The van der Waals surface area contributed by atoms with E-state index < -0.39 is 0 Å². The standard InChI is InChI=1S/C20H25FN4O2/c1-20(2,3)24-18(26)16-15-6-4-5-11-25(15)17(23-16)19(27)22-12-13-7-9-14(21)10-8-13/h7-10H,4-6,11-12H2,1-3H3,(H,22,27)(H,24,26). The molecular formula is C20H25FN4O2. The third kappa shape index (κ3) is 4.53. The molecule has 0 radical (unpaired) electrons. The first-order valence-corrected chi connectivity index (χ1v) is 9.19. The van der Waals surface area contributed by atoms with Crippen molar-refractivity contribution in [2.75, 3.05) is 0 Å². The Morgan fingerprint density at radius 1 is 1.15 bits per heavy atom. The maximum atomic E-state index is 13.0. The van der Waals surface area contributed by atoms with Crippen LogP contribution in [0.1, 0.15) is 66.0 Å². The molecule has 1 aromatic carbocycles. The maximum absolute atomic E-state index is 13.0. The van der Waals surface area contributed by atoms with E-state index in [1.807, 2.05) is 25.3 Å². The molecule has 6 nitrogen and oxygen atoms in total. The topological polar surface area (TPSA) is 76.0 Å². The number of carbonyl (C=O) groups excluding carboxylic acids is 2. The fraction of sp³-hybridized carbons (Fsp3) is 0.450. The van der Waals surface area contributed by atoms with Crippen molar-refractivity contribution in [2.45, 2.75) is 58.7 Å². The molecule has 0 saturated carbocycles. The third-order valence-corrected chi connectivity index (χ3v) is 4.39. The van der Waals surface area contributed by atoms with Gasteiger partial charge in [-0.05, 0) is 57.7 Å². The molecule has 0 fully saturated rings. The number of hydrogen-bond donors (Lipinski definition) is 2. The van der Waals surface area contributed by atoms with Crippen LogP contribution < -0.4 is 10.6 Å². The van der Waals surface area contributed by atoms with Crippen molar-refractivity contribution in [1.82, 2.24) is 20.2 Å². The highest BCUT2D eigenvalue weighted by atomic mass is 19.1. The normalized spacial score (nSPS) is 13.8. The molecule has 3 rings (SSSR count). The molecule has 27 heavy (non-hydrogen) atoms. The van der Waals surface area contributed by atoms with Gasteiger partial charge in [-0.25, -0.2) is 9.37 Å². The number of fused-ring (bicyclic) bond motifs is 1. The van der Waals surface area contributed by atoms with Gasteiger partial charge in [-0.1, -0.05) is 12.1 Å². The molecule has 1 aliphatic rings. The lowest BCUT2D eigenvalue weighted by molar-refractivity contribution is 0.0913. The predicted octanol–water partition coefficient (Wildman–Crippen LogP) is 2.82. The van der Waals surface area contributed by atoms with Crippen LogP contribution in [0.4, 0.5) is 4.39 Å². The third-order valence-electron chi connectivity index (χ3n) is 4.39. The minimum Gasteiger partial charge on any atom is -0.346 e. The van der Waals surface area contributed by atoms with Gasteiger partial charge in [0.2, 0.25) is 0 Å². The fourth-order valence-electron chi connectivity index (χ4n) is 3.16. The number of nitrogens with one attached hydrogen (secondary N) is 2. The maximum Gasteiger partial charge on any atom is 0.287 e. The predicted molar refractivity (Wildman–Crippen MR) is 100.0 cm³/mol. The zero-order chi connectivity index (χ0) is 19.6. The Morgan fingerprint density at radius 2 is 1.85 bits per heavy atom. The lowest BCUT2D eigenvalue weighted by Gasteiger charge is -2.21. The van der Waals surface area contributed by atoms with Gasteiger partial charge in [0.15, 0.2) is 5.82 Å². The lowest BCUT2D eigenvalue weighted by Crippen LogP contribution is -2.41. The first-order valence-electron chi connectivity index (χ1n) is 9.19. The summed E-state index contributed by atoms with van der Waals surface area (Å²) in [4.78, 5) is 29.7. The summed E-state index contributed by atoms with van der Waals surface area (Å²) in [6.45, 7) is 6.66. The van der Waals surface area contributed by atoms with Gasteiger partial charge in [0.1, 0.15) is 11.5 Å². The molecule has 0 spiro atoms. The first-order chi connectivity index (χ1) is 12.7.